The van der Waals surface area contributed by atoms with Gasteiger partial charge in [0.05, 0.1) is 6.04 Å². The Balaban J connectivity index is 2.55. The van der Waals surface area contributed by atoms with Crippen molar-refractivity contribution >= 4 is 43.9 Å². The monoisotopic (exact) mass is 457 g/mol. The standard InChI is InChI=1S/C14H29IN5O2P/c1-14(2,3)20(5-4-15)10-11(16)12(21)18-6-8-19(9-7-18)13(22)17-23/h11H,4-10,16,23H2,1-3H3,(H,17,22). The Labute approximate surface area is 155 Å². The Morgan fingerprint density at radius 3 is 2.22 bits per heavy atom. The number of halogens is 1. The minimum atomic E-state index is -0.528. The first-order valence-corrected chi connectivity index (χ1v) is 9.92. The van der Waals surface area contributed by atoms with Crippen LogP contribution in [-0.2, 0) is 4.79 Å². The SMILES string of the molecule is CC(C)(C)N(CCI)CC(N)C(=O)N1CCN(C(=O)NP)CC1. The van der Waals surface area contributed by atoms with Crippen LogP contribution < -0.4 is 10.8 Å². The fourth-order valence-corrected chi connectivity index (χ4v) is 3.34. The highest BCUT2D eigenvalue weighted by Gasteiger charge is 2.30. The highest BCUT2D eigenvalue weighted by atomic mass is 127. The molecule has 23 heavy (non-hydrogen) atoms. The van der Waals surface area contributed by atoms with Crippen molar-refractivity contribution in [3.63, 3.8) is 0 Å². The third kappa shape index (κ3) is 6.32. The fourth-order valence-electron chi connectivity index (χ4n) is 2.57. The van der Waals surface area contributed by atoms with Crippen LogP contribution >= 0.6 is 32.0 Å². The fraction of sp³-hybridized carbons (Fsp3) is 0.857. The zero-order valence-corrected chi connectivity index (χ0v) is 17.5. The molecule has 0 aromatic carbocycles. The number of carbonyl (C=O) groups is 2. The minimum absolute atomic E-state index is 0.0152. The molecule has 0 aliphatic carbocycles. The summed E-state index contributed by atoms with van der Waals surface area (Å²) in [5, 5.41) is 2.53. The lowest BCUT2D eigenvalue weighted by Gasteiger charge is -2.39. The van der Waals surface area contributed by atoms with E-state index in [2.05, 4.69) is 62.7 Å². The van der Waals surface area contributed by atoms with Gasteiger partial charge in [-0.2, -0.15) is 0 Å². The second-order valence-electron chi connectivity index (χ2n) is 6.67. The number of piperazine rings is 1. The summed E-state index contributed by atoms with van der Waals surface area (Å²) in [6, 6.07) is -0.661. The Kier molecular flexibility index (Phi) is 8.47. The van der Waals surface area contributed by atoms with Crippen LogP contribution in [0.5, 0.6) is 0 Å². The number of nitrogens with zero attached hydrogens (tertiary/aromatic N) is 3. The second kappa shape index (κ2) is 9.34. The van der Waals surface area contributed by atoms with Gasteiger partial charge in [0.15, 0.2) is 0 Å². The van der Waals surface area contributed by atoms with Gasteiger partial charge in [0.2, 0.25) is 5.91 Å². The van der Waals surface area contributed by atoms with E-state index >= 15 is 0 Å². The highest BCUT2D eigenvalue weighted by Crippen LogP contribution is 2.14. The average molecular weight is 457 g/mol. The first kappa shape index (κ1) is 20.9. The third-order valence-electron chi connectivity index (χ3n) is 4.04. The van der Waals surface area contributed by atoms with E-state index in [-0.39, 0.29) is 17.5 Å². The minimum Gasteiger partial charge on any atom is -0.338 e. The number of nitrogens with two attached hydrogens (primary N) is 1. The van der Waals surface area contributed by atoms with Gasteiger partial charge in [-0.15, -0.1) is 0 Å². The predicted molar refractivity (Wildman–Crippen MR) is 105 cm³/mol. The van der Waals surface area contributed by atoms with E-state index in [1.165, 1.54) is 0 Å². The first-order chi connectivity index (χ1) is 10.7. The highest BCUT2D eigenvalue weighted by molar-refractivity contribution is 14.1. The topological polar surface area (TPSA) is 81.9 Å². The Bertz CT molecular complexity index is 410. The van der Waals surface area contributed by atoms with Crippen LogP contribution in [0.25, 0.3) is 0 Å². The van der Waals surface area contributed by atoms with Crippen molar-refractivity contribution in [1.82, 2.24) is 19.8 Å². The molecule has 0 aromatic rings. The molecule has 9 heteroatoms. The molecule has 1 saturated heterocycles. The van der Waals surface area contributed by atoms with Gasteiger partial charge in [0.1, 0.15) is 0 Å². The van der Waals surface area contributed by atoms with Crippen LogP contribution in [0.2, 0.25) is 0 Å². The zero-order chi connectivity index (χ0) is 17.6. The van der Waals surface area contributed by atoms with E-state index in [4.69, 9.17) is 5.73 Å². The first-order valence-electron chi connectivity index (χ1n) is 7.81. The molecule has 2 unspecified atom stereocenters. The smallest absolute Gasteiger partial charge is 0.320 e. The summed E-state index contributed by atoms with van der Waals surface area (Å²) >= 11 is 2.34. The van der Waals surface area contributed by atoms with Gasteiger partial charge in [-0.3, -0.25) is 9.69 Å². The largest absolute Gasteiger partial charge is 0.338 e. The molecule has 1 aliphatic rings. The third-order valence-corrected chi connectivity index (χ3v) is 4.77. The van der Waals surface area contributed by atoms with E-state index in [9.17, 15) is 9.59 Å². The molecule has 1 aliphatic heterocycles. The van der Waals surface area contributed by atoms with E-state index in [1.807, 2.05) is 0 Å². The summed E-state index contributed by atoms with van der Waals surface area (Å²) in [6.45, 7) is 10.0. The van der Waals surface area contributed by atoms with E-state index in [1.54, 1.807) is 9.80 Å². The van der Waals surface area contributed by atoms with Gasteiger partial charge in [-0.05, 0) is 30.2 Å². The van der Waals surface area contributed by atoms with E-state index in [0.29, 0.717) is 32.7 Å². The number of carbonyl (C=O) groups excluding carboxylic acids is 2. The van der Waals surface area contributed by atoms with Gasteiger partial charge >= 0.3 is 6.03 Å². The Morgan fingerprint density at radius 2 is 1.78 bits per heavy atom. The number of amides is 3. The maximum absolute atomic E-state index is 12.6. The Hall–Kier alpha value is -0.180. The van der Waals surface area contributed by atoms with E-state index < -0.39 is 6.04 Å². The van der Waals surface area contributed by atoms with Crippen molar-refractivity contribution in [2.75, 3.05) is 43.7 Å². The van der Waals surface area contributed by atoms with Crippen LogP contribution in [0.1, 0.15) is 20.8 Å². The van der Waals surface area contributed by atoms with Crippen LogP contribution in [-0.4, -0.2) is 81.9 Å². The molecule has 1 rings (SSSR count). The van der Waals surface area contributed by atoms with Gasteiger partial charge in [-0.25, -0.2) is 4.79 Å². The number of urea groups is 1. The number of rotatable bonds is 5. The molecule has 0 spiro atoms. The molecule has 0 saturated carbocycles. The number of nitrogens with one attached hydrogen (secondary N) is 1. The normalized spacial score (nSPS) is 17.3. The van der Waals surface area contributed by atoms with Gasteiger partial charge in [-0.1, -0.05) is 22.6 Å². The van der Waals surface area contributed by atoms with Crippen molar-refractivity contribution in [1.29, 1.82) is 0 Å². The molecule has 7 nitrogen and oxygen atoms in total. The van der Waals surface area contributed by atoms with Gasteiger partial charge < -0.3 is 20.6 Å². The van der Waals surface area contributed by atoms with Crippen LogP contribution in [0, 0.1) is 0 Å². The molecule has 134 valence electrons. The molecule has 2 atom stereocenters. The van der Waals surface area contributed by atoms with Crippen LogP contribution in [0.3, 0.4) is 0 Å². The van der Waals surface area contributed by atoms with Crippen molar-refractivity contribution in [2.45, 2.75) is 32.4 Å². The molecule has 1 fully saturated rings. The van der Waals surface area contributed by atoms with Crippen molar-refractivity contribution in [2.24, 2.45) is 5.73 Å². The predicted octanol–water partition coefficient (Wildman–Crippen LogP) is 0.493. The lowest BCUT2D eigenvalue weighted by Crippen LogP contribution is -2.58. The van der Waals surface area contributed by atoms with Crippen molar-refractivity contribution < 1.29 is 9.59 Å². The van der Waals surface area contributed by atoms with Crippen molar-refractivity contribution in [3.05, 3.63) is 0 Å². The molecular formula is C14H29IN5O2P. The molecular weight excluding hydrogens is 428 g/mol. The second-order valence-corrected chi connectivity index (χ2v) is 8.04. The van der Waals surface area contributed by atoms with Crippen LogP contribution in [0.15, 0.2) is 0 Å². The van der Waals surface area contributed by atoms with Gasteiger partial charge in [0.25, 0.3) is 0 Å². The average Bonchev–Trinajstić information content (AvgIpc) is 2.52. The molecule has 0 radical (unpaired) electrons. The maximum Gasteiger partial charge on any atom is 0.320 e. The molecule has 0 aromatic heterocycles. The number of alkyl halides is 1. The molecule has 1 heterocycles. The molecule has 3 amide bonds. The molecule has 0 bridgehead atoms. The molecule has 3 N–H and O–H groups in total. The lowest BCUT2D eigenvalue weighted by atomic mass is 10.0. The summed E-state index contributed by atoms with van der Waals surface area (Å²) in [6.07, 6.45) is 0. The number of hydrogen-bond donors (Lipinski definition) is 2. The summed E-state index contributed by atoms with van der Waals surface area (Å²) in [4.78, 5) is 29.8. The quantitative estimate of drug-likeness (QED) is 0.358. The summed E-state index contributed by atoms with van der Waals surface area (Å²) in [5.74, 6) is -0.0290. The maximum atomic E-state index is 12.6. The lowest BCUT2D eigenvalue weighted by molar-refractivity contribution is -0.134. The number of hydrogen-bond acceptors (Lipinski definition) is 4. The summed E-state index contributed by atoms with van der Waals surface area (Å²) < 4.78 is 0.999. The summed E-state index contributed by atoms with van der Waals surface area (Å²) in [7, 11) is 2.20. The van der Waals surface area contributed by atoms with Crippen LogP contribution in [0.4, 0.5) is 4.79 Å². The van der Waals surface area contributed by atoms with Crippen molar-refractivity contribution in [3.8, 4) is 0 Å². The Morgan fingerprint density at radius 1 is 1.26 bits per heavy atom. The van der Waals surface area contributed by atoms with Gasteiger partial charge in [0, 0.05) is 49.2 Å². The van der Waals surface area contributed by atoms with E-state index in [0.717, 1.165) is 11.0 Å². The summed E-state index contributed by atoms with van der Waals surface area (Å²) in [5.41, 5.74) is 6.15. The zero-order valence-electron chi connectivity index (χ0n) is 14.2.